The Bertz CT molecular complexity index is 250. The Morgan fingerprint density at radius 2 is 2.21 bits per heavy atom. The van der Waals surface area contributed by atoms with E-state index in [2.05, 4.69) is 9.89 Å². The van der Waals surface area contributed by atoms with Gasteiger partial charge in [-0.3, -0.25) is 14.9 Å². The van der Waals surface area contributed by atoms with Crippen LogP contribution >= 0.6 is 0 Å². The predicted octanol–water partition coefficient (Wildman–Crippen LogP) is 0.435. The van der Waals surface area contributed by atoms with Gasteiger partial charge in [0.15, 0.2) is 0 Å². The quantitative estimate of drug-likeness (QED) is 0.230. The zero-order valence-electron chi connectivity index (χ0n) is 7.97. The van der Waals surface area contributed by atoms with Crippen LogP contribution in [0.4, 0.5) is 0 Å². The van der Waals surface area contributed by atoms with Crippen molar-refractivity contribution in [2.45, 2.75) is 25.8 Å². The zero-order valence-corrected chi connectivity index (χ0v) is 7.97. The summed E-state index contributed by atoms with van der Waals surface area (Å²) in [6.45, 7) is 1.44. The van der Waals surface area contributed by atoms with Gasteiger partial charge in [0, 0.05) is 4.92 Å². The van der Waals surface area contributed by atoms with E-state index in [1.807, 2.05) is 0 Å². The van der Waals surface area contributed by atoms with Crippen LogP contribution in [-0.2, 0) is 9.53 Å². The molecular weight excluding hydrogens is 192 g/mol. The van der Waals surface area contributed by atoms with Crippen LogP contribution < -0.4 is 0 Å². The van der Waals surface area contributed by atoms with Crippen LogP contribution in [0.2, 0.25) is 0 Å². The largest absolute Gasteiger partial charge is 0.469 e. The molecule has 14 heavy (non-hydrogen) atoms. The highest BCUT2D eigenvalue weighted by atomic mass is 16.6. The van der Waals surface area contributed by atoms with Crippen LogP contribution in [0.25, 0.3) is 0 Å². The lowest BCUT2D eigenvalue weighted by atomic mass is 10.1. The van der Waals surface area contributed by atoms with E-state index in [4.69, 9.17) is 5.21 Å². The number of oxime groups is 1. The maximum Gasteiger partial charge on any atom is 0.312 e. The van der Waals surface area contributed by atoms with Crippen molar-refractivity contribution in [1.29, 1.82) is 0 Å². The number of carbonyl (C=O) groups excluding carboxylic acids is 1. The lowest BCUT2D eigenvalue weighted by molar-refractivity contribution is -0.519. The Morgan fingerprint density at radius 3 is 2.57 bits per heavy atom. The van der Waals surface area contributed by atoms with Gasteiger partial charge >= 0.3 is 5.97 Å². The van der Waals surface area contributed by atoms with E-state index < -0.39 is 16.9 Å². The highest BCUT2D eigenvalue weighted by Gasteiger charge is 2.25. The number of carbonyl (C=O) groups is 1. The van der Waals surface area contributed by atoms with E-state index in [1.165, 1.54) is 6.92 Å². The number of rotatable bonds is 5. The van der Waals surface area contributed by atoms with Crippen LogP contribution in [0.15, 0.2) is 5.16 Å². The molecule has 0 rings (SSSR count). The molecule has 0 aliphatic carbocycles. The number of methoxy groups -OCH3 is 1. The van der Waals surface area contributed by atoms with Crippen molar-refractivity contribution >= 4 is 11.7 Å². The number of nitrogens with zero attached hydrogens (tertiary/aromatic N) is 2. The van der Waals surface area contributed by atoms with E-state index >= 15 is 0 Å². The average Bonchev–Trinajstić information content (AvgIpc) is 2.16. The zero-order chi connectivity index (χ0) is 11.1. The summed E-state index contributed by atoms with van der Waals surface area (Å²) >= 11 is 0. The van der Waals surface area contributed by atoms with Gasteiger partial charge in [-0.2, -0.15) is 0 Å². The van der Waals surface area contributed by atoms with Crippen LogP contribution in [0, 0.1) is 10.1 Å². The number of nitro groups is 1. The van der Waals surface area contributed by atoms with E-state index in [1.54, 1.807) is 0 Å². The molecule has 0 aliphatic heterocycles. The highest BCUT2D eigenvalue weighted by molar-refractivity contribution is 5.82. The molecule has 1 atom stereocenters. The Balaban J connectivity index is 4.31. The van der Waals surface area contributed by atoms with Gasteiger partial charge in [0.05, 0.1) is 19.2 Å². The summed E-state index contributed by atoms with van der Waals surface area (Å²) in [5.41, 5.74) is 0.204. The molecule has 0 aliphatic rings. The Morgan fingerprint density at radius 1 is 1.64 bits per heavy atom. The molecule has 0 fully saturated rings. The van der Waals surface area contributed by atoms with Crippen molar-refractivity contribution in [3.63, 3.8) is 0 Å². The smallest absolute Gasteiger partial charge is 0.312 e. The summed E-state index contributed by atoms with van der Waals surface area (Å²) in [5.74, 6) is -0.655. The minimum absolute atomic E-state index is 0.0708. The van der Waals surface area contributed by atoms with Gasteiger partial charge in [0.25, 0.3) is 0 Å². The van der Waals surface area contributed by atoms with Crippen molar-refractivity contribution in [2.75, 3.05) is 7.11 Å². The fraction of sp³-hybridized carbons (Fsp3) is 0.714. The number of esters is 1. The molecule has 1 unspecified atom stereocenters. The number of hydrogen-bond donors (Lipinski definition) is 1. The number of ether oxygens (including phenoxy) is 1. The first-order valence-electron chi connectivity index (χ1n) is 3.89. The molecule has 0 aromatic carbocycles. The summed E-state index contributed by atoms with van der Waals surface area (Å²) in [7, 11) is 1.16. The van der Waals surface area contributed by atoms with Gasteiger partial charge < -0.3 is 9.94 Å². The van der Waals surface area contributed by atoms with Gasteiger partial charge in [-0.25, -0.2) is 0 Å². The Hall–Kier alpha value is -1.66. The minimum atomic E-state index is -1.10. The molecule has 0 amide bonds. The molecule has 0 heterocycles. The van der Waals surface area contributed by atoms with Gasteiger partial charge in [0.2, 0.25) is 6.04 Å². The maximum absolute atomic E-state index is 10.8. The first kappa shape index (κ1) is 12.3. The van der Waals surface area contributed by atoms with Gasteiger partial charge in [-0.05, 0) is 6.92 Å². The van der Waals surface area contributed by atoms with Crippen LogP contribution in [0.3, 0.4) is 0 Å². The summed E-state index contributed by atoms with van der Waals surface area (Å²) in [4.78, 5) is 20.6. The van der Waals surface area contributed by atoms with E-state index in [0.29, 0.717) is 0 Å². The topological polar surface area (TPSA) is 102 Å². The third-order valence-electron chi connectivity index (χ3n) is 1.63. The first-order chi connectivity index (χ1) is 6.51. The standard InChI is InChI=1S/C7H12N2O5/c1-5(8-11)3-6(9(12)13)4-7(10)14-2/h6,11H,3-4H2,1-2H3/b8-5+. The van der Waals surface area contributed by atoms with E-state index in [9.17, 15) is 14.9 Å². The first-order valence-corrected chi connectivity index (χ1v) is 3.89. The molecule has 7 heteroatoms. The number of hydrogen-bond acceptors (Lipinski definition) is 6. The fourth-order valence-electron chi connectivity index (χ4n) is 0.879. The molecule has 0 spiro atoms. The highest BCUT2D eigenvalue weighted by Crippen LogP contribution is 2.05. The van der Waals surface area contributed by atoms with Gasteiger partial charge in [0.1, 0.15) is 6.42 Å². The molecule has 0 aromatic rings. The minimum Gasteiger partial charge on any atom is -0.469 e. The summed E-state index contributed by atoms with van der Waals surface area (Å²) in [6.07, 6.45) is -0.394. The molecule has 7 nitrogen and oxygen atoms in total. The molecule has 0 aromatic heterocycles. The Kier molecular flexibility index (Phi) is 5.20. The maximum atomic E-state index is 10.8. The second-order valence-corrected chi connectivity index (χ2v) is 2.76. The summed E-state index contributed by atoms with van der Waals surface area (Å²) < 4.78 is 4.30. The monoisotopic (exact) mass is 204 g/mol. The fourth-order valence-corrected chi connectivity index (χ4v) is 0.879. The second kappa shape index (κ2) is 5.90. The molecular formula is C7H12N2O5. The molecule has 0 saturated heterocycles. The van der Waals surface area contributed by atoms with E-state index in [0.717, 1.165) is 7.11 Å². The molecule has 1 N–H and O–H groups in total. The predicted molar refractivity (Wildman–Crippen MR) is 46.9 cm³/mol. The van der Waals surface area contributed by atoms with Gasteiger partial charge in [-0.15, -0.1) is 0 Å². The van der Waals surface area contributed by atoms with E-state index in [-0.39, 0.29) is 18.6 Å². The normalized spacial score (nSPS) is 13.4. The van der Waals surface area contributed by atoms with Crippen LogP contribution in [0.5, 0.6) is 0 Å². The van der Waals surface area contributed by atoms with Crippen LogP contribution in [0.1, 0.15) is 19.8 Å². The van der Waals surface area contributed by atoms with Crippen molar-refractivity contribution in [3.05, 3.63) is 10.1 Å². The Labute approximate surface area is 80.5 Å². The van der Waals surface area contributed by atoms with Crippen molar-refractivity contribution in [3.8, 4) is 0 Å². The summed E-state index contributed by atoms with van der Waals surface area (Å²) in [5, 5.41) is 21.6. The van der Waals surface area contributed by atoms with Crippen LogP contribution in [-0.4, -0.2) is 35.0 Å². The van der Waals surface area contributed by atoms with Gasteiger partial charge in [-0.1, -0.05) is 5.16 Å². The second-order valence-electron chi connectivity index (χ2n) is 2.76. The average molecular weight is 204 g/mol. The SMILES string of the molecule is COC(=O)CC(C/C(C)=N/O)[N+](=O)[O-]. The lowest BCUT2D eigenvalue weighted by Crippen LogP contribution is -2.26. The summed E-state index contributed by atoms with van der Waals surface area (Å²) in [6, 6.07) is -1.10. The molecule has 80 valence electrons. The molecule has 0 saturated carbocycles. The lowest BCUT2D eigenvalue weighted by Gasteiger charge is -2.06. The third kappa shape index (κ3) is 4.39. The van der Waals surface area contributed by atoms with Crippen molar-refractivity contribution in [1.82, 2.24) is 0 Å². The van der Waals surface area contributed by atoms with Crippen molar-refractivity contribution < 1.29 is 19.7 Å². The van der Waals surface area contributed by atoms with Crippen molar-refractivity contribution in [2.24, 2.45) is 5.16 Å². The third-order valence-corrected chi connectivity index (χ3v) is 1.63. The molecule has 0 bridgehead atoms. The molecule has 0 radical (unpaired) electrons.